The van der Waals surface area contributed by atoms with Gasteiger partial charge in [-0.15, -0.1) is 0 Å². The number of nitrogen functional groups attached to an aromatic ring is 1. The van der Waals surface area contributed by atoms with Crippen molar-refractivity contribution in [2.45, 2.75) is 32.9 Å². The van der Waals surface area contributed by atoms with E-state index in [9.17, 15) is 4.79 Å². The summed E-state index contributed by atoms with van der Waals surface area (Å²) in [6.07, 6.45) is -0.413. The number of anilines is 1. The van der Waals surface area contributed by atoms with E-state index in [1.807, 2.05) is 32.9 Å². The Labute approximate surface area is 97.3 Å². The van der Waals surface area contributed by atoms with Crippen LogP contribution in [0.1, 0.15) is 27.8 Å². The summed E-state index contributed by atoms with van der Waals surface area (Å²) in [5.74, 6) is 0. The zero-order chi connectivity index (χ0) is 12.2. The van der Waals surface area contributed by atoms with Crippen LogP contribution in [0.3, 0.4) is 0 Å². The van der Waals surface area contributed by atoms with Crippen LogP contribution in [0.15, 0.2) is 24.3 Å². The van der Waals surface area contributed by atoms with E-state index >= 15 is 0 Å². The van der Waals surface area contributed by atoms with Gasteiger partial charge in [-0.25, -0.2) is 4.79 Å². The number of hydrogen-bond acceptors (Lipinski definition) is 3. The third kappa shape index (κ3) is 4.68. The third-order valence-electron chi connectivity index (χ3n) is 1.82. The fourth-order valence-electron chi connectivity index (χ4n) is 1.12. The normalized spacial score (nSPS) is 10.9. The van der Waals surface area contributed by atoms with Gasteiger partial charge in [0.2, 0.25) is 0 Å². The molecule has 0 unspecified atom stereocenters. The zero-order valence-corrected chi connectivity index (χ0v) is 9.91. The molecule has 0 radical (unpaired) electrons. The maximum absolute atomic E-state index is 11.3. The van der Waals surface area contributed by atoms with Crippen LogP contribution < -0.4 is 11.1 Å². The Morgan fingerprint density at radius 3 is 2.44 bits per heavy atom. The molecule has 0 aromatic heterocycles. The highest BCUT2D eigenvalue weighted by Crippen LogP contribution is 2.08. The molecule has 0 heterocycles. The maximum atomic E-state index is 11.3. The molecular formula is C12H20N2O2. The molecule has 0 spiro atoms. The Morgan fingerprint density at radius 2 is 1.94 bits per heavy atom. The summed E-state index contributed by atoms with van der Waals surface area (Å²) in [4.78, 5) is 11.3. The van der Waals surface area contributed by atoms with Gasteiger partial charge in [-0.1, -0.05) is 12.1 Å². The van der Waals surface area contributed by atoms with Crippen molar-refractivity contribution < 1.29 is 11.0 Å². The van der Waals surface area contributed by atoms with Crippen LogP contribution in [-0.4, -0.2) is 11.7 Å². The monoisotopic (exact) mass is 224 g/mol. The summed E-state index contributed by atoms with van der Waals surface area (Å²) in [5, 5.41) is 2.67. The smallest absolute Gasteiger partial charge is 0.407 e. The van der Waals surface area contributed by atoms with Gasteiger partial charge in [0.1, 0.15) is 5.60 Å². The zero-order valence-electron chi connectivity index (χ0n) is 9.91. The van der Waals surface area contributed by atoms with E-state index in [1.165, 1.54) is 0 Å². The number of hydrogen-bond donors (Lipinski definition) is 2. The van der Waals surface area contributed by atoms with E-state index in [-0.39, 0.29) is 1.43 Å². The Balaban J connectivity index is 0.00000256. The van der Waals surface area contributed by atoms with Crippen molar-refractivity contribution in [1.29, 1.82) is 0 Å². The molecule has 4 nitrogen and oxygen atoms in total. The lowest BCUT2D eigenvalue weighted by molar-refractivity contribution is 0.0523. The van der Waals surface area contributed by atoms with Gasteiger partial charge >= 0.3 is 6.09 Å². The maximum Gasteiger partial charge on any atom is 0.407 e. The lowest BCUT2D eigenvalue weighted by Crippen LogP contribution is -2.32. The van der Waals surface area contributed by atoms with Crippen LogP contribution in [0.2, 0.25) is 0 Å². The molecule has 0 atom stereocenters. The van der Waals surface area contributed by atoms with E-state index in [4.69, 9.17) is 10.5 Å². The molecule has 0 aliphatic heterocycles. The molecule has 90 valence electrons. The number of carbonyl (C=O) groups is 1. The van der Waals surface area contributed by atoms with Crippen molar-refractivity contribution in [2.24, 2.45) is 0 Å². The predicted octanol–water partition coefficient (Wildman–Crippen LogP) is 2.54. The van der Waals surface area contributed by atoms with Crippen molar-refractivity contribution in [3.8, 4) is 0 Å². The summed E-state index contributed by atoms with van der Waals surface area (Å²) >= 11 is 0. The first-order chi connectivity index (χ1) is 7.37. The Kier molecular flexibility index (Phi) is 3.77. The second-order valence-electron chi connectivity index (χ2n) is 4.60. The van der Waals surface area contributed by atoms with E-state index in [0.29, 0.717) is 12.2 Å². The van der Waals surface area contributed by atoms with Crippen LogP contribution >= 0.6 is 0 Å². The average molecular weight is 224 g/mol. The van der Waals surface area contributed by atoms with Crippen molar-refractivity contribution in [1.82, 2.24) is 5.32 Å². The van der Waals surface area contributed by atoms with E-state index in [1.54, 1.807) is 12.1 Å². The first-order valence-electron chi connectivity index (χ1n) is 5.18. The summed E-state index contributed by atoms with van der Waals surface area (Å²) in [5.41, 5.74) is 6.78. The molecule has 16 heavy (non-hydrogen) atoms. The second kappa shape index (κ2) is 4.88. The number of alkyl carbamates (subject to hydrolysis) is 1. The van der Waals surface area contributed by atoms with Gasteiger partial charge < -0.3 is 15.8 Å². The van der Waals surface area contributed by atoms with Crippen LogP contribution in [0.25, 0.3) is 0 Å². The Morgan fingerprint density at radius 1 is 1.38 bits per heavy atom. The first-order valence-corrected chi connectivity index (χ1v) is 5.18. The topological polar surface area (TPSA) is 64.3 Å². The fraction of sp³-hybridized carbons (Fsp3) is 0.417. The minimum atomic E-state index is -0.467. The van der Waals surface area contributed by atoms with E-state index in [0.717, 1.165) is 5.56 Å². The molecule has 1 aromatic carbocycles. The second-order valence-corrected chi connectivity index (χ2v) is 4.60. The summed E-state index contributed by atoms with van der Waals surface area (Å²) in [6.45, 7) is 5.93. The van der Waals surface area contributed by atoms with Gasteiger partial charge in [-0.05, 0) is 38.5 Å². The highest BCUT2D eigenvalue weighted by molar-refractivity contribution is 5.67. The van der Waals surface area contributed by atoms with Gasteiger partial charge in [0, 0.05) is 13.7 Å². The summed E-state index contributed by atoms with van der Waals surface area (Å²) in [6, 6.07) is 7.33. The predicted molar refractivity (Wildman–Crippen MR) is 66.0 cm³/mol. The van der Waals surface area contributed by atoms with Gasteiger partial charge in [0.25, 0.3) is 0 Å². The van der Waals surface area contributed by atoms with Gasteiger partial charge in [0.05, 0.1) is 0 Å². The van der Waals surface area contributed by atoms with Crippen molar-refractivity contribution in [3.63, 3.8) is 0 Å². The van der Waals surface area contributed by atoms with Crippen molar-refractivity contribution in [2.75, 3.05) is 5.73 Å². The van der Waals surface area contributed by atoms with Gasteiger partial charge in [-0.2, -0.15) is 0 Å². The van der Waals surface area contributed by atoms with E-state index < -0.39 is 11.7 Å². The Hall–Kier alpha value is -1.71. The molecule has 1 rings (SSSR count). The van der Waals surface area contributed by atoms with E-state index in [2.05, 4.69) is 5.32 Å². The summed E-state index contributed by atoms with van der Waals surface area (Å²) in [7, 11) is 0. The molecule has 0 saturated heterocycles. The number of nitrogens with one attached hydrogen (secondary N) is 1. The molecule has 0 bridgehead atoms. The molecule has 3 N–H and O–H groups in total. The molecule has 1 aromatic rings. The lowest BCUT2D eigenvalue weighted by atomic mass is 10.2. The number of nitrogens with two attached hydrogens (primary N) is 1. The number of ether oxygens (including phenoxy) is 1. The number of benzene rings is 1. The van der Waals surface area contributed by atoms with Crippen molar-refractivity contribution >= 4 is 11.8 Å². The van der Waals surface area contributed by atoms with Crippen LogP contribution in [0, 0.1) is 0 Å². The van der Waals surface area contributed by atoms with Gasteiger partial charge in [-0.3, -0.25) is 0 Å². The van der Waals surface area contributed by atoms with Crippen molar-refractivity contribution in [3.05, 3.63) is 29.8 Å². The van der Waals surface area contributed by atoms with Crippen LogP contribution in [0.5, 0.6) is 0 Å². The molecule has 0 aliphatic carbocycles. The molecule has 0 saturated carbocycles. The standard InChI is InChI=1S/C12H18N2O2.H2/c1-12(2,3)16-11(15)14-8-9-4-6-10(13)7-5-9;/h4-7H,8,13H2,1-3H3,(H,14,15);1H. The molecular weight excluding hydrogens is 204 g/mol. The number of rotatable bonds is 2. The number of amides is 1. The molecule has 0 aliphatic rings. The average Bonchev–Trinajstić information content (AvgIpc) is 2.14. The minimum absolute atomic E-state index is 0. The number of carbonyl (C=O) groups excluding carboxylic acids is 1. The molecule has 0 fully saturated rings. The van der Waals surface area contributed by atoms with Crippen LogP contribution in [-0.2, 0) is 11.3 Å². The highest BCUT2D eigenvalue weighted by Gasteiger charge is 2.15. The first kappa shape index (κ1) is 12.4. The molecule has 1 amide bonds. The van der Waals surface area contributed by atoms with Crippen LogP contribution in [0.4, 0.5) is 10.5 Å². The molecule has 4 heteroatoms. The fourth-order valence-corrected chi connectivity index (χ4v) is 1.12. The quantitative estimate of drug-likeness (QED) is 0.759. The third-order valence-corrected chi connectivity index (χ3v) is 1.82. The highest BCUT2D eigenvalue weighted by atomic mass is 16.6. The van der Waals surface area contributed by atoms with Gasteiger partial charge in [0.15, 0.2) is 0 Å². The summed E-state index contributed by atoms with van der Waals surface area (Å²) < 4.78 is 5.11. The largest absolute Gasteiger partial charge is 0.444 e. The lowest BCUT2D eigenvalue weighted by Gasteiger charge is -2.19. The minimum Gasteiger partial charge on any atom is -0.444 e. The Bertz CT molecular complexity index is 358. The SMILES string of the molecule is CC(C)(C)OC(=O)NCc1ccc(N)cc1.[HH].